The molecule has 1 N–H and O–H groups in total. The zero-order chi connectivity index (χ0) is 2.71. The Morgan fingerprint density at radius 1 is 1.75 bits per heavy atom. The van der Waals surface area contributed by atoms with Gasteiger partial charge in [0.25, 0.3) is 0 Å². The van der Waals surface area contributed by atoms with Gasteiger partial charge in [0.1, 0.15) is 0 Å². The molecule has 0 spiro atoms. The number of rotatable bonds is 0. The van der Waals surface area contributed by atoms with Crippen LogP contribution in [0, 0.1) is 0 Å². The first-order valence-corrected chi connectivity index (χ1v) is 0.458. The molecule has 2 nitrogen and oxygen atoms in total. The van der Waals surface area contributed by atoms with Gasteiger partial charge in [-0.15, -0.1) is 0 Å². The Kier molecular flexibility index (Phi) is 19.9. The molecule has 0 aromatic heterocycles. The Hall–Kier alpha value is 1.28. The van der Waals surface area contributed by atoms with E-state index in [1.807, 2.05) is 5.16 Å². The van der Waals surface area contributed by atoms with Crippen molar-refractivity contribution >= 4 is 6.72 Å². The third-order valence-electron chi connectivity index (χ3n) is 0. The van der Waals surface area contributed by atoms with E-state index in [1.165, 1.54) is 0 Å². The molecule has 0 saturated carbocycles. The molecule has 0 radical (unpaired) electrons. The van der Waals surface area contributed by atoms with Crippen molar-refractivity contribution in [3.05, 3.63) is 0 Å². The predicted molar refractivity (Wildman–Crippen MR) is 10.3 cm³/mol. The second-order valence-corrected chi connectivity index (χ2v) is 0.115. The molecule has 0 atom stereocenters. The zero-order valence-corrected chi connectivity index (χ0v) is 7.39. The summed E-state index contributed by atoms with van der Waals surface area (Å²) in [6, 6.07) is 0. The van der Waals surface area contributed by atoms with Crippen molar-refractivity contribution in [2.75, 3.05) is 0 Å². The van der Waals surface area contributed by atoms with Crippen molar-refractivity contribution in [1.29, 1.82) is 0 Å². The Balaban J connectivity index is 0. The molecule has 0 aromatic rings. The third kappa shape index (κ3) is 10.4. The number of hydrogen-bond acceptors (Lipinski definition) is 2. The van der Waals surface area contributed by atoms with Gasteiger partial charge in [0.05, 0.1) is 0 Å². The molecule has 18 valence electrons. The van der Waals surface area contributed by atoms with Gasteiger partial charge < -0.3 is 17.1 Å². The minimum absolute atomic E-state index is 0. The van der Waals surface area contributed by atoms with Gasteiger partial charge in [0.15, 0.2) is 0 Å². The summed E-state index contributed by atoms with van der Waals surface area (Å²) >= 11 is 0. The quantitative estimate of drug-likeness (QED) is 0.160. The molecular weight excluding hydrogens is 127 g/mol. The van der Waals surface area contributed by atoms with Crippen LogP contribution in [0.4, 0.5) is 0 Å². The van der Waals surface area contributed by atoms with E-state index in [2.05, 4.69) is 6.72 Å². The summed E-state index contributed by atoms with van der Waals surface area (Å²) < 4.78 is 0. The van der Waals surface area contributed by atoms with Crippen LogP contribution < -0.4 is 58.2 Å². The average molecular weight is 130 g/mol. The van der Waals surface area contributed by atoms with E-state index in [9.17, 15) is 0 Å². The van der Waals surface area contributed by atoms with Crippen LogP contribution in [0.25, 0.3) is 0 Å². The fourth-order valence-electron chi connectivity index (χ4n) is 0. The van der Waals surface area contributed by atoms with E-state index >= 15 is 0 Å². The van der Waals surface area contributed by atoms with Crippen molar-refractivity contribution in [2.24, 2.45) is 5.16 Å². The van der Waals surface area contributed by atoms with E-state index in [4.69, 9.17) is 5.21 Å². The fourth-order valence-corrected chi connectivity index (χ4v) is 0. The Morgan fingerprint density at radius 3 is 1.75 bits per heavy atom. The maximum absolute atomic E-state index is 6.97. The smallest absolute Gasteiger partial charge is 0.448 e. The van der Waals surface area contributed by atoms with Crippen LogP contribution >= 0.6 is 0 Å². The minimum Gasteiger partial charge on any atom is -0.448 e. The summed E-state index contributed by atoms with van der Waals surface area (Å²) in [7, 11) is 0. The van der Waals surface area contributed by atoms with E-state index in [1.54, 1.807) is 0 Å². The summed E-state index contributed by atoms with van der Waals surface area (Å²) in [6.45, 7) is 4.03. The van der Waals surface area contributed by atoms with Crippen LogP contribution in [-0.2, 0) is 0 Å². The molecule has 0 unspecified atom stereocenters. The second kappa shape index (κ2) is 8.86. The van der Waals surface area contributed by atoms with Gasteiger partial charge in [-0.3, -0.25) is 0 Å². The molecule has 3 heteroatoms. The summed E-state index contributed by atoms with van der Waals surface area (Å²) in [5.41, 5.74) is 0. The molecule has 0 bridgehead atoms. The van der Waals surface area contributed by atoms with Crippen LogP contribution in [0.3, 0.4) is 0 Å². The molecule has 0 aliphatic carbocycles. The van der Waals surface area contributed by atoms with Gasteiger partial charge in [0.2, 0.25) is 0 Å². The summed E-state index contributed by atoms with van der Waals surface area (Å²) in [5.74, 6) is 0. The van der Waals surface area contributed by atoms with Gasteiger partial charge in [-0.05, 0) is 0 Å². The summed E-state index contributed by atoms with van der Waals surface area (Å²) in [5, 5.41) is 8.97. The zero-order valence-electron chi connectivity index (χ0n) is 2.47. The molecule has 0 aromatic carbocycles. The van der Waals surface area contributed by atoms with E-state index < -0.39 is 0 Å². The molecule has 0 rings (SSSR count). The Morgan fingerprint density at radius 2 is 1.75 bits per heavy atom. The Bertz CT molecular complexity index is 15.5. The van der Waals surface area contributed by atoms with Gasteiger partial charge in [0, 0.05) is 0 Å². The molecular formula is CH2NORb. The number of hydrogen-bond donors (Lipinski definition) is 1. The largest absolute Gasteiger partial charge is 1.00 e. The predicted octanol–water partition coefficient (Wildman–Crippen LogP) is -3.04. The maximum Gasteiger partial charge on any atom is 1.00 e. The normalized spacial score (nSPS) is 3.00. The van der Waals surface area contributed by atoms with E-state index in [0.717, 1.165) is 0 Å². The van der Waals surface area contributed by atoms with Crippen molar-refractivity contribution in [3.8, 4) is 0 Å². The van der Waals surface area contributed by atoms with Crippen molar-refractivity contribution < 1.29 is 63.4 Å². The molecule has 0 amide bonds. The molecule has 0 saturated heterocycles. The van der Waals surface area contributed by atoms with Crippen molar-refractivity contribution in [3.63, 3.8) is 0 Å². The number of nitrogens with zero attached hydrogens (tertiary/aromatic N) is 1. The topological polar surface area (TPSA) is 32.6 Å². The standard InChI is InChI=1S/CH2NO.Rb/c1-2-3;/h1,3H;/q-1;+1. The minimum atomic E-state index is 0. The van der Waals surface area contributed by atoms with Crippen molar-refractivity contribution in [1.82, 2.24) is 0 Å². The van der Waals surface area contributed by atoms with Gasteiger partial charge in [-0.1, -0.05) is 0 Å². The van der Waals surface area contributed by atoms with Crippen LogP contribution in [0.2, 0.25) is 0 Å². The molecule has 0 aliphatic heterocycles. The molecule has 0 fully saturated rings. The van der Waals surface area contributed by atoms with Gasteiger partial charge >= 0.3 is 58.2 Å². The molecule has 4 heavy (non-hydrogen) atoms. The first kappa shape index (κ1) is 8.99. The first-order chi connectivity index (χ1) is 1.41. The van der Waals surface area contributed by atoms with Gasteiger partial charge in [-0.2, -0.15) is 0 Å². The van der Waals surface area contributed by atoms with Crippen LogP contribution in [-0.4, -0.2) is 11.9 Å². The maximum atomic E-state index is 6.97. The van der Waals surface area contributed by atoms with Crippen LogP contribution in [0.1, 0.15) is 0 Å². The third-order valence-corrected chi connectivity index (χ3v) is 0. The summed E-state index contributed by atoms with van der Waals surface area (Å²) in [6.07, 6.45) is 0. The fraction of sp³-hybridized carbons (Fsp3) is 0. The monoisotopic (exact) mass is 129 g/mol. The first-order valence-electron chi connectivity index (χ1n) is 0.458. The average Bonchev–Trinajstić information content (AvgIpc) is 0.918. The van der Waals surface area contributed by atoms with Gasteiger partial charge in [-0.25, -0.2) is 0 Å². The molecule has 0 aliphatic rings. The SMILES string of the molecule is [CH-]=NO.[Rb+]. The van der Waals surface area contributed by atoms with Crippen LogP contribution in [0.5, 0.6) is 0 Å². The van der Waals surface area contributed by atoms with Crippen LogP contribution in [0.15, 0.2) is 5.16 Å². The summed E-state index contributed by atoms with van der Waals surface area (Å²) in [4.78, 5) is 0. The second-order valence-electron chi connectivity index (χ2n) is 0.115. The van der Waals surface area contributed by atoms with Crippen molar-refractivity contribution in [2.45, 2.75) is 0 Å². The van der Waals surface area contributed by atoms with E-state index in [0.29, 0.717) is 0 Å². The molecule has 0 heterocycles. The van der Waals surface area contributed by atoms with E-state index in [-0.39, 0.29) is 58.2 Å². The Labute approximate surface area is 73.7 Å².